The molecular formula is C30H42N4O6. The SMILES string of the molecule is CCCCN(C(=O)C(CCC(N)=O)NC(=O)OC(C)(C)C)C(C(=O)Nc1c(C)cccc1C)c1ccc(O)cc1. The Morgan fingerprint density at radius 1 is 1.02 bits per heavy atom. The van der Waals surface area contributed by atoms with E-state index >= 15 is 0 Å². The number of phenolic OH excluding ortho intramolecular Hbond substituents is 1. The third kappa shape index (κ3) is 9.59. The van der Waals surface area contributed by atoms with Gasteiger partial charge in [-0.25, -0.2) is 4.79 Å². The number of hydrogen-bond donors (Lipinski definition) is 4. The molecule has 2 aromatic rings. The number of amides is 4. The largest absolute Gasteiger partial charge is 0.508 e. The first-order chi connectivity index (χ1) is 18.7. The monoisotopic (exact) mass is 554 g/mol. The number of rotatable bonds is 12. The van der Waals surface area contributed by atoms with Crippen LogP contribution < -0.4 is 16.4 Å². The number of para-hydroxylation sites is 1. The van der Waals surface area contributed by atoms with Crippen LogP contribution in [0.25, 0.3) is 0 Å². The zero-order valence-electron chi connectivity index (χ0n) is 24.2. The molecule has 10 nitrogen and oxygen atoms in total. The predicted molar refractivity (Wildman–Crippen MR) is 154 cm³/mol. The molecular weight excluding hydrogens is 512 g/mol. The quantitative estimate of drug-likeness (QED) is 0.304. The Morgan fingerprint density at radius 2 is 1.62 bits per heavy atom. The third-order valence-electron chi connectivity index (χ3n) is 6.20. The second-order valence-corrected chi connectivity index (χ2v) is 10.8. The minimum absolute atomic E-state index is 0.00928. The van der Waals surface area contributed by atoms with E-state index in [0.29, 0.717) is 17.7 Å². The summed E-state index contributed by atoms with van der Waals surface area (Å²) in [5.74, 6) is -1.64. The molecule has 0 radical (unpaired) electrons. The first-order valence-corrected chi connectivity index (χ1v) is 13.5. The smallest absolute Gasteiger partial charge is 0.408 e. The molecule has 0 bridgehead atoms. The molecule has 0 aliphatic heterocycles. The van der Waals surface area contributed by atoms with Gasteiger partial charge in [0.2, 0.25) is 11.8 Å². The van der Waals surface area contributed by atoms with Crippen LogP contribution in [-0.2, 0) is 19.1 Å². The van der Waals surface area contributed by atoms with Gasteiger partial charge < -0.3 is 31.1 Å². The lowest BCUT2D eigenvalue weighted by atomic mass is 10.00. The fraction of sp³-hybridized carbons (Fsp3) is 0.467. The second kappa shape index (κ2) is 14.3. The van der Waals surface area contributed by atoms with Crippen LogP contribution in [0.15, 0.2) is 42.5 Å². The Bertz CT molecular complexity index is 1170. The molecule has 0 aromatic heterocycles. The molecule has 5 N–H and O–H groups in total. The number of aryl methyl sites for hydroxylation is 2. The predicted octanol–water partition coefficient (Wildman–Crippen LogP) is 4.48. The molecule has 2 rings (SSSR count). The number of nitrogens with one attached hydrogen (secondary N) is 2. The third-order valence-corrected chi connectivity index (χ3v) is 6.20. The van der Waals surface area contributed by atoms with Crippen molar-refractivity contribution < 1.29 is 29.0 Å². The van der Waals surface area contributed by atoms with Gasteiger partial charge in [0.1, 0.15) is 23.4 Å². The van der Waals surface area contributed by atoms with E-state index in [-0.39, 0.29) is 25.1 Å². The van der Waals surface area contributed by atoms with Crippen LogP contribution in [0.1, 0.15) is 76.1 Å². The zero-order valence-corrected chi connectivity index (χ0v) is 24.2. The zero-order chi connectivity index (χ0) is 30.0. The van der Waals surface area contributed by atoms with E-state index in [1.807, 2.05) is 39.0 Å². The summed E-state index contributed by atoms with van der Waals surface area (Å²) < 4.78 is 5.35. The first kappa shape index (κ1) is 32.1. The number of nitrogens with two attached hydrogens (primary N) is 1. The van der Waals surface area contributed by atoms with Crippen LogP contribution in [0.2, 0.25) is 0 Å². The molecule has 0 fully saturated rings. The number of alkyl carbamates (subject to hydrolysis) is 1. The molecule has 2 aromatic carbocycles. The van der Waals surface area contributed by atoms with Crippen LogP contribution in [0.3, 0.4) is 0 Å². The lowest BCUT2D eigenvalue weighted by Crippen LogP contribution is -2.52. The number of ether oxygens (including phenoxy) is 1. The summed E-state index contributed by atoms with van der Waals surface area (Å²) in [4.78, 5) is 53.7. The summed E-state index contributed by atoms with van der Waals surface area (Å²) >= 11 is 0. The van der Waals surface area contributed by atoms with Crippen LogP contribution in [0, 0.1) is 13.8 Å². The Hall–Kier alpha value is -4.08. The summed E-state index contributed by atoms with van der Waals surface area (Å²) in [6.07, 6.45) is 0.248. The van der Waals surface area contributed by atoms with Gasteiger partial charge in [0.15, 0.2) is 0 Å². The number of hydrogen-bond acceptors (Lipinski definition) is 6. The van der Waals surface area contributed by atoms with Crippen molar-refractivity contribution in [3.05, 3.63) is 59.2 Å². The fourth-order valence-corrected chi connectivity index (χ4v) is 4.22. The van der Waals surface area contributed by atoms with Crippen molar-refractivity contribution in [1.82, 2.24) is 10.2 Å². The van der Waals surface area contributed by atoms with Crippen LogP contribution >= 0.6 is 0 Å². The average molecular weight is 555 g/mol. The van der Waals surface area contributed by atoms with Crippen molar-refractivity contribution >= 4 is 29.5 Å². The molecule has 10 heteroatoms. The van der Waals surface area contributed by atoms with Gasteiger partial charge in [0.25, 0.3) is 5.91 Å². The highest BCUT2D eigenvalue weighted by Crippen LogP contribution is 2.28. The molecule has 0 aliphatic rings. The van der Waals surface area contributed by atoms with Gasteiger partial charge >= 0.3 is 6.09 Å². The Labute approximate surface area is 236 Å². The number of carbonyl (C=O) groups is 4. The lowest BCUT2D eigenvalue weighted by molar-refractivity contribution is -0.141. The number of phenols is 1. The number of unbranched alkanes of at least 4 members (excludes halogenated alkanes) is 1. The van der Waals surface area contributed by atoms with Gasteiger partial charge in [0.05, 0.1) is 0 Å². The minimum atomic E-state index is -1.17. The number of aromatic hydroxyl groups is 1. The summed E-state index contributed by atoms with van der Waals surface area (Å²) in [5.41, 5.74) is 7.36. The highest BCUT2D eigenvalue weighted by atomic mass is 16.6. The van der Waals surface area contributed by atoms with Crippen LogP contribution in [0.5, 0.6) is 5.75 Å². The van der Waals surface area contributed by atoms with Crippen LogP contribution in [0.4, 0.5) is 10.5 Å². The minimum Gasteiger partial charge on any atom is -0.508 e. The van der Waals surface area contributed by atoms with E-state index in [1.54, 1.807) is 32.9 Å². The van der Waals surface area contributed by atoms with Gasteiger partial charge in [-0.2, -0.15) is 0 Å². The Morgan fingerprint density at radius 3 is 2.15 bits per heavy atom. The maximum atomic E-state index is 14.1. The highest BCUT2D eigenvalue weighted by Gasteiger charge is 2.36. The van der Waals surface area contributed by atoms with Gasteiger partial charge in [-0.15, -0.1) is 0 Å². The normalized spacial score (nSPS) is 12.7. The van der Waals surface area contributed by atoms with Crippen molar-refractivity contribution in [3.8, 4) is 5.75 Å². The van der Waals surface area contributed by atoms with Crippen molar-refractivity contribution in [2.45, 2.75) is 84.9 Å². The number of primary amides is 1. The molecule has 0 aliphatic carbocycles. The molecule has 4 amide bonds. The van der Waals surface area contributed by atoms with E-state index in [9.17, 15) is 24.3 Å². The molecule has 218 valence electrons. The molecule has 0 heterocycles. The molecule has 2 atom stereocenters. The van der Waals surface area contributed by atoms with Crippen molar-refractivity contribution in [2.75, 3.05) is 11.9 Å². The maximum absolute atomic E-state index is 14.1. The second-order valence-electron chi connectivity index (χ2n) is 10.8. The van der Waals surface area contributed by atoms with E-state index in [0.717, 1.165) is 17.5 Å². The average Bonchev–Trinajstić information content (AvgIpc) is 2.85. The number of carbonyl (C=O) groups excluding carboxylic acids is 4. The van der Waals surface area contributed by atoms with Crippen molar-refractivity contribution in [1.29, 1.82) is 0 Å². The number of nitrogens with zero attached hydrogens (tertiary/aromatic N) is 1. The first-order valence-electron chi connectivity index (χ1n) is 13.5. The molecule has 0 saturated heterocycles. The Balaban J connectivity index is 2.56. The van der Waals surface area contributed by atoms with E-state index < -0.39 is 41.5 Å². The standard InChI is InChI=1S/C30H42N4O6/c1-7-8-18-34(28(38)23(16-17-24(31)36)32-29(39)40-30(4,5)6)26(21-12-14-22(35)15-13-21)27(37)33-25-19(2)10-9-11-20(25)3/h9-15,23,26,35H,7-8,16-18H2,1-6H3,(H2,31,36)(H,32,39)(H,33,37). The van der Waals surface area contributed by atoms with E-state index in [4.69, 9.17) is 10.5 Å². The molecule has 0 spiro atoms. The van der Waals surface area contributed by atoms with Gasteiger partial charge in [-0.05, 0) is 76.3 Å². The molecule has 0 saturated carbocycles. The van der Waals surface area contributed by atoms with Crippen molar-refractivity contribution in [2.24, 2.45) is 5.73 Å². The van der Waals surface area contributed by atoms with Gasteiger partial charge in [-0.1, -0.05) is 43.7 Å². The molecule has 40 heavy (non-hydrogen) atoms. The van der Waals surface area contributed by atoms with E-state index in [1.165, 1.54) is 17.0 Å². The van der Waals surface area contributed by atoms with Crippen LogP contribution in [-0.4, -0.2) is 52.0 Å². The van der Waals surface area contributed by atoms with Gasteiger partial charge in [0, 0.05) is 18.7 Å². The lowest BCUT2D eigenvalue weighted by Gasteiger charge is -2.34. The summed E-state index contributed by atoms with van der Waals surface area (Å²) in [6, 6.07) is 9.42. The van der Waals surface area contributed by atoms with E-state index in [2.05, 4.69) is 10.6 Å². The summed E-state index contributed by atoms with van der Waals surface area (Å²) in [5, 5.41) is 15.4. The topological polar surface area (TPSA) is 151 Å². The summed E-state index contributed by atoms with van der Waals surface area (Å²) in [7, 11) is 0. The molecule has 2 unspecified atom stereocenters. The highest BCUT2D eigenvalue weighted by molar-refractivity contribution is 6.00. The number of benzene rings is 2. The Kier molecular flexibility index (Phi) is 11.5. The van der Waals surface area contributed by atoms with Gasteiger partial charge in [-0.3, -0.25) is 14.4 Å². The fourth-order valence-electron chi connectivity index (χ4n) is 4.22. The summed E-state index contributed by atoms with van der Waals surface area (Å²) in [6.45, 7) is 11.0. The number of anilines is 1. The van der Waals surface area contributed by atoms with Crippen molar-refractivity contribution in [3.63, 3.8) is 0 Å². The maximum Gasteiger partial charge on any atom is 0.408 e.